The van der Waals surface area contributed by atoms with Gasteiger partial charge in [0.15, 0.2) is 5.60 Å². The van der Waals surface area contributed by atoms with Crippen LogP contribution in [0.5, 0.6) is 0 Å². The molecule has 0 aromatic heterocycles. The molecule has 0 radical (unpaired) electrons. The molecule has 6 heteroatoms. The lowest BCUT2D eigenvalue weighted by molar-refractivity contribution is -0.559. The average Bonchev–Trinajstić information content (AvgIpc) is 2.63. The van der Waals surface area contributed by atoms with Gasteiger partial charge in [0.25, 0.3) is 0 Å². The van der Waals surface area contributed by atoms with E-state index in [-0.39, 0.29) is 5.92 Å². The molecule has 0 N–H and O–H groups in total. The molecule has 5 aliphatic rings. The molecule has 20 heavy (non-hydrogen) atoms. The van der Waals surface area contributed by atoms with E-state index in [1.54, 1.807) is 6.92 Å². The van der Waals surface area contributed by atoms with E-state index in [1.165, 1.54) is 0 Å². The number of hydrogen-bond donors (Lipinski definition) is 0. The zero-order valence-electron chi connectivity index (χ0n) is 11.6. The number of fused-ring (bicyclic) bond motifs is 2. The lowest BCUT2D eigenvalue weighted by Gasteiger charge is -2.56. The van der Waals surface area contributed by atoms with Crippen LogP contribution in [0.4, 0.5) is 4.39 Å². The summed E-state index contributed by atoms with van der Waals surface area (Å²) in [5.41, 5.74) is -0.985. The highest BCUT2D eigenvalue weighted by Gasteiger charge is 2.71. The minimum Gasteiger partial charge on any atom is -0.430 e. The monoisotopic (exact) mass is 286 g/mol. The van der Waals surface area contributed by atoms with Crippen molar-refractivity contribution >= 4 is 5.97 Å². The molecular weight excluding hydrogens is 267 g/mol. The standard InChI is InChI=1S/C14H19FO5/c1-7-3-4-9-10(15)11(16)17-12-14(9)8(7)5-6-13(2,18-12)19-20-14/h7-10,12H,3-6H2,1-2H3/t7-,8?,9?,10?,12+,13?,14?/m1/s1. The SMILES string of the molecule is C[C@@H]1CCC2C(F)C(=O)O[C@H]3OC4(C)CCC1C23OO4. The lowest BCUT2D eigenvalue weighted by Crippen LogP contribution is -2.70. The molecule has 1 saturated carbocycles. The number of halogens is 1. The summed E-state index contributed by atoms with van der Waals surface area (Å²) in [5.74, 6) is -1.84. The molecule has 5 unspecified atom stereocenters. The Balaban J connectivity index is 1.84. The van der Waals surface area contributed by atoms with Gasteiger partial charge in [-0.3, -0.25) is 0 Å². The second kappa shape index (κ2) is 3.93. The number of alkyl halides is 1. The van der Waals surface area contributed by atoms with Gasteiger partial charge in [0.2, 0.25) is 18.2 Å². The van der Waals surface area contributed by atoms with Crippen LogP contribution in [0.3, 0.4) is 0 Å². The van der Waals surface area contributed by atoms with Crippen molar-refractivity contribution in [2.24, 2.45) is 17.8 Å². The highest BCUT2D eigenvalue weighted by molar-refractivity contribution is 5.76. The van der Waals surface area contributed by atoms with E-state index < -0.39 is 35.7 Å². The summed E-state index contributed by atoms with van der Waals surface area (Å²) >= 11 is 0. The Morgan fingerprint density at radius 2 is 2.00 bits per heavy atom. The predicted molar refractivity (Wildman–Crippen MR) is 63.8 cm³/mol. The van der Waals surface area contributed by atoms with Crippen LogP contribution in [0.1, 0.15) is 39.5 Å². The Bertz CT molecular complexity index is 457. The molecule has 0 amide bonds. The molecule has 4 saturated heterocycles. The van der Waals surface area contributed by atoms with Crippen molar-refractivity contribution in [1.29, 1.82) is 0 Å². The van der Waals surface area contributed by atoms with E-state index in [4.69, 9.17) is 19.2 Å². The third-order valence-corrected chi connectivity index (χ3v) is 5.58. The summed E-state index contributed by atoms with van der Waals surface area (Å²) in [6, 6.07) is 0. The molecule has 1 spiro atoms. The first-order chi connectivity index (χ1) is 9.46. The van der Waals surface area contributed by atoms with Crippen molar-refractivity contribution in [3.8, 4) is 0 Å². The summed E-state index contributed by atoms with van der Waals surface area (Å²) in [7, 11) is 0. The maximum atomic E-state index is 14.4. The smallest absolute Gasteiger partial charge is 0.343 e. The fraction of sp³-hybridized carbons (Fsp3) is 0.929. The van der Waals surface area contributed by atoms with Crippen molar-refractivity contribution in [2.45, 2.75) is 63.4 Å². The fourth-order valence-electron chi connectivity index (χ4n) is 4.45. The molecule has 7 atom stereocenters. The van der Waals surface area contributed by atoms with Gasteiger partial charge in [-0.25, -0.2) is 19.0 Å². The van der Waals surface area contributed by atoms with Crippen molar-refractivity contribution in [3.63, 3.8) is 0 Å². The molecule has 2 bridgehead atoms. The third kappa shape index (κ3) is 1.45. The van der Waals surface area contributed by atoms with E-state index in [9.17, 15) is 9.18 Å². The minimum absolute atomic E-state index is 0.0851. The van der Waals surface area contributed by atoms with Gasteiger partial charge in [0.05, 0.1) is 0 Å². The van der Waals surface area contributed by atoms with Gasteiger partial charge in [-0.05, 0) is 32.1 Å². The van der Waals surface area contributed by atoms with Gasteiger partial charge in [-0.1, -0.05) is 6.92 Å². The second-order valence-electron chi connectivity index (χ2n) is 6.75. The summed E-state index contributed by atoms with van der Waals surface area (Å²) in [6.07, 6.45) is 0.443. The molecule has 0 aromatic carbocycles. The van der Waals surface area contributed by atoms with Gasteiger partial charge in [0.1, 0.15) is 0 Å². The maximum absolute atomic E-state index is 14.4. The minimum atomic E-state index is -1.66. The van der Waals surface area contributed by atoms with Gasteiger partial charge in [-0.2, -0.15) is 0 Å². The van der Waals surface area contributed by atoms with E-state index in [0.29, 0.717) is 18.8 Å². The Hall–Kier alpha value is -0.720. The Kier molecular flexibility index (Phi) is 2.55. The highest BCUT2D eigenvalue weighted by Crippen LogP contribution is 2.58. The molecule has 5 nitrogen and oxygen atoms in total. The van der Waals surface area contributed by atoms with Crippen molar-refractivity contribution < 1.29 is 28.4 Å². The van der Waals surface area contributed by atoms with Crippen LogP contribution in [-0.4, -0.2) is 29.8 Å². The average molecular weight is 286 g/mol. The van der Waals surface area contributed by atoms with Gasteiger partial charge in [-0.15, -0.1) is 0 Å². The van der Waals surface area contributed by atoms with Crippen LogP contribution in [0, 0.1) is 17.8 Å². The zero-order valence-corrected chi connectivity index (χ0v) is 11.6. The predicted octanol–water partition coefficient (Wildman–Crippen LogP) is 2.10. The first-order valence-corrected chi connectivity index (χ1v) is 7.35. The van der Waals surface area contributed by atoms with Crippen LogP contribution in [0.2, 0.25) is 0 Å². The summed E-state index contributed by atoms with van der Waals surface area (Å²) < 4.78 is 25.4. The Morgan fingerprint density at radius 3 is 2.80 bits per heavy atom. The molecule has 112 valence electrons. The number of rotatable bonds is 0. The Labute approximate surface area is 116 Å². The topological polar surface area (TPSA) is 54.0 Å². The van der Waals surface area contributed by atoms with E-state index >= 15 is 0 Å². The van der Waals surface area contributed by atoms with Crippen LogP contribution in [0.25, 0.3) is 0 Å². The second-order valence-corrected chi connectivity index (χ2v) is 6.75. The van der Waals surface area contributed by atoms with Crippen LogP contribution >= 0.6 is 0 Å². The summed E-state index contributed by atoms with van der Waals surface area (Å²) in [5, 5.41) is 0. The molecule has 5 fully saturated rings. The van der Waals surface area contributed by atoms with Gasteiger partial charge < -0.3 is 9.47 Å². The Morgan fingerprint density at radius 1 is 1.20 bits per heavy atom. The van der Waals surface area contributed by atoms with E-state index in [0.717, 1.165) is 12.8 Å². The fourth-order valence-corrected chi connectivity index (χ4v) is 4.45. The van der Waals surface area contributed by atoms with Crippen molar-refractivity contribution in [1.82, 2.24) is 0 Å². The quantitative estimate of drug-likeness (QED) is 0.504. The summed E-state index contributed by atoms with van der Waals surface area (Å²) in [4.78, 5) is 22.9. The largest absolute Gasteiger partial charge is 0.430 e. The molecule has 4 heterocycles. The maximum Gasteiger partial charge on any atom is 0.343 e. The van der Waals surface area contributed by atoms with E-state index in [1.807, 2.05) is 0 Å². The number of ether oxygens (including phenoxy) is 2. The number of carbonyl (C=O) groups is 1. The molecule has 4 aliphatic heterocycles. The summed E-state index contributed by atoms with van der Waals surface area (Å²) in [6.45, 7) is 3.91. The normalized spacial score (nSPS) is 57.8. The number of esters is 1. The third-order valence-electron chi connectivity index (χ3n) is 5.58. The van der Waals surface area contributed by atoms with E-state index in [2.05, 4.69) is 6.92 Å². The first kappa shape index (κ1) is 13.0. The molecule has 0 aromatic rings. The molecule has 5 rings (SSSR count). The van der Waals surface area contributed by atoms with Crippen molar-refractivity contribution in [2.75, 3.05) is 0 Å². The molecule has 1 aliphatic carbocycles. The van der Waals surface area contributed by atoms with Gasteiger partial charge >= 0.3 is 5.97 Å². The molecular formula is C14H19FO5. The van der Waals surface area contributed by atoms with Crippen LogP contribution in [0.15, 0.2) is 0 Å². The van der Waals surface area contributed by atoms with Crippen LogP contribution < -0.4 is 0 Å². The zero-order chi connectivity index (χ0) is 14.1. The highest BCUT2D eigenvalue weighted by atomic mass is 19.1. The number of carbonyl (C=O) groups excluding carboxylic acids is 1. The lowest BCUT2D eigenvalue weighted by atomic mass is 9.60. The number of hydrogen-bond acceptors (Lipinski definition) is 5. The van der Waals surface area contributed by atoms with Gasteiger partial charge in [0, 0.05) is 18.3 Å². The van der Waals surface area contributed by atoms with Crippen LogP contribution in [-0.2, 0) is 24.0 Å². The van der Waals surface area contributed by atoms with Crippen molar-refractivity contribution in [3.05, 3.63) is 0 Å². The first-order valence-electron chi connectivity index (χ1n) is 7.35.